The molecule has 6 nitrogen and oxygen atoms in total. The Morgan fingerprint density at radius 3 is 2.94 bits per heavy atom. The van der Waals surface area contributed by atoms with Gasteiger partial charge in [-0.1, -0.05) is 13.8 Å². The van der Waals surface area contributed by atoms with Gasteiger partial charge in [-0.15, -0.1) is 0 Å². The average Bonchev–Trinajstić information content (AvgIpc) is 2.76. The largest absolute Gasteiger partial charge is 0.392 e. The van der Waals surface area contributed by atoms with Gasteiger partial charge in [0.05, 0.1) is 6.10 Å². The van der Waals surface area contributed by atoms with E-state index in [4.69, 9.17) is 0 Å². The number of anilines is 1. The van der Waals surface area contributed by atoms with Gasteiger partial charge in [-0.25, -0.2) is 4.98 Å². The maximum absolute atomic E-state index is 9.76. The van der Waals surface area contributed by atoms with Gasteiger partial charge in [0.15, 0.2) is 0 Å². The van der Waals surface area contributed by atoms with Gasteiger partial charge < -0.3 is 10.4 Å². The standard InChI is InChI=1S/C12H17N5O/c1-7-4-10(17-11(15-7)13-6-14-17)16-8-5-9(18)12(8,2)3/h4,6,8-9,16,18H,5H2,1-3H3. The Labute approximate surface area is 105 Å². The lowest BCUT2D eigenvalue weighted by atomic mass is 9.64. The quantitative estimate of drug-likeness (QED) is 0.828. The van der Waals surface area contributed by atoms with Crippen LogP contribution in [0.5, 0.6) is 0 Å². The van der Waals surface area contributed by atoms with Gasteiger partial charge in [0.1, 0.15) is 12.1 Å². The molecular weight excluding hydrogens is 230 g/mol. The number of aliphatic hydroxyl groups is 1. The van der Waals surface area contributed by atoms with Crippen LogP contribution in [0.25, 0.3) is 5.78 Å². The van der Waals surface area contributed by atoms with Gasteiger partial charge in [-0.2, -0.15) is 14.6 Å². The van der Waals surface area contributed by atoms with Crippen molar-refractivity contribution < 1.29 is 5.11 Å². The Kier molecular flexibility index (Phi) is 2.31. The molecule has 1 saturated carbocycles. The first-order chi connectivity index (χ1) is 8.48. The van der Waals surface area contributed by atoms with Crippen LogP contribution < -0.4 is 5.32 Å². The van der Waals surface area contributed by atoms with Crippen LogP contribution in [0.1, 0.15) is 26.0 Å². The van der Waals surface area contributed by atoms with E-state index in [-0.39, 0.29) is 17.6 Å². The molecule has 2 N–H and O–H groups in total. The molecule has 18 heavy (non-hydrogen) atoms. The molecule has 0 aliphatic heterocycles. The van der Waals surface area contributed by atoms with Crippen molar-refractivity contribution in [2.75, 3.05) is 5.32 Å². The zero-order chi connectivity index (χ0) is 12.9. The van der Waals surface area contributed by atoms with Crippen molar-refractivity contribution >= 4 is 11.6 Å². The predicted molar refractivity (Wildman–Crippen MR) is 67.3 cm³/mol. The third kappa shape index (κ3) is 1.56. The number of aromatic nitrogens is 4. The summed E-state index contributed by atoms with van der Waals surface area (Å²) >= 11 is 0. The van der Waals surface area contributed by atoms with Gasteiger partial charge in [0.25, 0.3) is 5.78 Å². The summed E-state index contributed by atoms with van der Waals surface area (Å²) in [5.74, 6) is 1.47. The van der Waals surface area contributed by atoms with E-state index in [1.807, 2.05) is 13.0 Å². The molecule has 3 rings (SSSR count). The molecule has 96 valence electrons. The van der Waals surface area contributed by atoms with Gasteiger partial charge in [0, 0.05) is 23.2 Å². The molecule has 0 spiro atoms. The van der Waals surface area contributed by atoms with E-state index >= 15 is 0 Å². The average molecular weight is 247 g/mol. The first-order valence-electron chi connectivity index (χ1n) is 6.10. The molecule has 2 aromatic rings. The lowest BCUT2D eigenvalue weighted by Crippen LogP contribution is -2.57. The highest BCUT2D eigenvalue weighted by molar-refractivity contribution is 5.46. The van der Waals surface area contributed by atoms with Crippen LogP contribution in [0, 0.1) is 12.3 Å². The summed E-state index contributed by atoms with van der Waals surface area (Å²) < 4.78 is 1.69. The number of hydrogen-bond acceptors (Lipinski definition) is 5. The minimum Gasteiger partial charge on any atom is -0.392 e. The Balaban J connectivity index is 1.93. The Morgan fingerprint density at radius 2 is 2.28 bits per heavy atom. The van der Waals surface area contributed by atoms with Gasteiger partial charge in [0.2, 0.25) is 0 Å². The second-order valence-corrected chi connectivity index (χ2v) is 5.52. The molecule has 0 radical (unpaired) electrons. The zero-order valence-corrected chi connectivity index (χ0v) is 10.8. The van der Waals surface area contributed by atoms with Gasteiger partial charge in [-0.3, -0.25) is 0 Å². The molecule has 2 aromatic heterocycles. The fourth-order valence-corrected chi connectivity index (χ4v) is 2.36. The molecule has 2 atom stereocenters. The monoisotopic (exact) mass is 247 g/mol. The minimum absolute atomic E-state index is 0.121. The second-order valence-electron chi connectivity index (χ2n) is 5.52. The second kappa shape index (κ2) is 3.65. The highest BCUT2D eigenvalue weighted by Crippen LogP contribution is 2.42. The number of hydrogen-bond donors (Lipinski definition) is 2. The molecule has 1 aliphatic carbocycles. The lowest BCUT2D eigenvalue weighted by molar-refractivity contribution is -0.0512. The van der Waals surface area contributed by atoms with Crippen molar-refractivity contribution in [1.82, 2.24) is 19.6 Å². The van der Waals surface area contributed by atoms with Gasteiger partial charge in [-0.05, 0) is 13.3 Å². The fourth-order valence-electron chi connectivity index (χ4n) is 2.36. The topological polar surface area (TPSA) is 75.3 Å². The van der Waals surface area contributed by atoms with E-state index in [9.17, 15) is 5.11 Å². The first kappa shape index (κ1) is 11.4. The normalized spacial score (nSPS) is 26.0. The molecule has 1 fully saturated rings. The van der Waals surface area contributed by atoms with Crippen LogP contribution >= 0.6 is 0 Å². The summed E-state index contributed by atoms with van der Waals surface area (Å²) in [4.78, 5) is 8.39. The smallest absolute Gasteiger partial charge is 0.254 e. The molecule has 6 heteroatoms. The fraction of sp³-hybridized carbons (Fsp3) is 0.583. The summed E-state index contributed by atoms with van der Waals surface area (Å²) in [6.45, 7) is 6.05. The maximum atomic E-state index is 9.76. The molecular formula is C12H17N5O. The van der Waals surface area contributed by atoms with E-state index in [2.05, 4.69) is 34.2 Å². The highest BCUT2D eigenvalue weighted by atomic mass is 16.3. The summed E-state index contributed by atoms with van der Waals surface area (Å²) in [6, 6.07) is 2.18. The van der Waals surface area contributed by atoms with E-state index in [1.165, 1.54) is 6.33 Å². The summed E-state index contributed by atoms with van der Waals surface area (Å²) in [5.41, 5.74) is 0.778. The van der Waals surface area contributed by atoms with Gasteiger partial charge >= 0.3 is 0 Å². The van der Waals surface area contributed by atoms with Crippen molar-refractivity contribution in [1.29, 1.82) is 0 Å². The van der Waals surface area contributed by atoms with Crippen molar-refractivity contribution in [2.24, 2.45) is 5.41 Å². The van der Waals surface area contributed by atoms with Crippen molar-refractivity contribution in [3.8, 4) is 0 Å². The van der Waals surface area contributed by atoms with Crippen molar-refractivity contribution in [3.05, 3.63) is 18.1 Å². The molecule has 0 aromatic carbocycles. The molecule has 2 heterocycles. The third-order valence-corrected chi connectivity index (χ3v) is 3.92. The van der Waals surface area contributed by atoms with Crippen LogP contribution in [0.2, 0.25) is 0 Å². The molecule has 0 bridgehead atoms. The molecule has 0 saturated heterocycles. The van der Waals surface area contributed by atoms with Crippen LogP contribution in [0.3, 0.4) is 0 Å². The Bertz CT molecular complexity index is 591. The predicted octanol–water partition coefficient (Wildman–Crippen LogP) is 1.00. The zero-order valence-electron chi connectivity index (χ0n) is 10.8. The number of fused-ring (bicyclic) bond motifs is 1. The van der Waals surface area contributed by atoms with Crippen LogP contribution in [-0.2, 0) is 0 Å². The van der Waals surface area contributed by atoms with E-state index < -0.39 is 0 Å². The molecule has 0 amide bonds. The first-order valence-corrected chi connectivity index (χ1v) is 6.10. The molecule has 1 aliphatic rings. The number of nitrogens with one attached hydrogen (secondary N) is 1. The van der Waals surface area contributed by atoms with E-state index in [0.717, 1.165) is 17.9 Å². The van der Waals surface area contributed by atoms with E-state index in [1.54, 1.807) is 4.52 Å². The van der Waals surface area contributed by atoms with Crippen LogP contribution in [0.4, 0.5) is 5.82 Å². The Morgan fingerprint density at radius 1 is 1.50 bits per heavy atom. The van der Waals surface area contributed by atoms with Crippen LogP contribution in [-0.4, -0.2) is 36.8 Å². The SMILES string of the molecule is Cc1cc(NC2CC(O)C2(C)C)n2ncnc2n1. The summed E-state index contributed by atoms with van der Waals surface area (Å²) in [7, 11) is 0. The third-order valence-electron chi connectivity index (χ3n) is 3.92. The lowest BCUT2D eigenvalue weighted by Gasteiger charge is -2.49. The van der Waals surface area contributed by atoms with Crippen molar-refractivity contribution in [2.45, 2.75) is 39.3 Å². The number of aliphatic hydroxyl groups excluding tert-OH is 1. The minimum atomic E-state index is -0.246. The molecule has 2 unspecified atom stereocenters. The van der Waals surface area contributed by atoms with E-state index in [0.29, 0.717) is 5.78 Å². The summed E-state index contributed by atoms with van der Waals surface area (Å²) in [5, 5.41) is 17.4. The van der Waals surface area contributed by atoms with Crippen LogP contribution in [0.15, 0.2) is 12.4 Å². The maximum Gasteiger partial charge on any atom is 0.254 e. The summed E-state index contributed by atoms with van der Waals surface area (Å²) in [6.07, 6.45) is 2.00. The number of nitrogens with zero attached hydrogens (tertiary/aromatic N) is 4. The van der Waals surface area contributed by atoms with Crippen molar-refractivity contribution in [3.63, 3.8) is 0 Å². The highest BCUT2D eigenvalue weighted by Gasteiger charge is 2.47. The number of rotatable bonds is 2. The Hall–Kier alpha value is -1.69. The number of aryl methyl sites for hydroxylation is 1.